The number of amides is 1. The molecule has 5 rings (SSSR count). The zero-order chi connectivity index (χ0) is 20.7. The Kier molecular flexibility index (Phi) is 5.91. The van der Waals surface area contributed by atoms with Gasteiger partial charge in [0.05, 0.1) is 22.6 Å². The lowest BCUT2D eigenvalue weighted by Crippen LogP contribution is -2.34. The lowest BCUT2D eigenvalue weighted by Gasteiger charge is -2.15. The number of likely N-dealkylation sites (tertiary alicyclic amines) is 1. The second-order valence-corrected chi connectivity index (χ2v) is 7.75. The molecule has 160 valence electrons. The Morgan fingerprint density at radius 3 is 2.68 bits per heavy atom. The number of rotatable bonds is 4. The second kappa shape index (κ2) is 8.63. The van der Waals surface area contributed by atoms with E-state index in [-0.39, 0.29) is 30.0 Å². The van der Waals surface area contributed by atoms with Gasteiger partial charge in [0.2, 0.25) is 0 Å². The first-order valence-electron chi connectivity index (χ1n) is 10.1. The molecular weight excluding hydrogens is 416 g/mol. The summed E-state index contributed by atoms with van der Waals surface area (Å²) in [5.41, 5.74) is 1.09. The van der Waals surface area contributed by atoms with Crippen LogP contribution in [0.15, 0.2) is 59.5 Å². The monoisotopic (exact) mass is 438 g/mol. The average molecular weight is 439 g/mol. The number of nitrogens with zero attached hydrogens (tertiary/aromatic N) is 3. The molecule has 2 aromatic carbocycles. The summed E-state index contributed by atoms with van der Waals surface area (Å²) in [4.78, 5) is 32.7. The van der Waals surface area contributed by atoms with Gasteiger partial charge in [-0.05, 0) is 41.5 Å². The fraction of sp³-hybridized carbons (Fsp3) is 0.261. The SMILES string of the molecule is Cl.O=C(NCCN1CC[C@H](O)C1)c1cccn2c(=O)c3cc4ccccc4cc3nc12. The molecule has 0 unspecified atom stereocenters. The molecule has 4 aromatic rings. The number of hydrogen-bond acceptors (Lipinski definition) is 5. The van der Waals surface area contributed by atoms with E-state index >= 15 is 0 Å². The minimum Gasteiger partial charge on any atom is -0.392 e. The standard InChI is InChI=1S/C23H22N4O3.ClH/c28-17-7-10-26(14-17)11-8-24-22(29)18-6-3-9-27-21(18)25-20-13-16-5-2-1-4-15(16)12-19(20)23(27)30;/h1-6,9,12-13,17,28H,7-8,10-11,14H2,(H,24,29);1H/t17-;/m0./s1. The van der Waals surface area contributed by atoms with Crippen molar-refractivity contribution in [3.63, 3.8) is 0 Å². The number of carbonyl (C=O) groups excluding carboxylic acids is 1. The average Bonchev–Trinajstić information content (AvgIpc) is 3.17. The molecule has 2 N–H and O–H groups in total. The maximum Gasteiger partial charge on any atom is 0.265 e. The summed E-state index contributed by atoms with van der Waals surface area (Å²) in [6.07, 6.45) is 2.13. The molecule has 8 heteroatoms. The molecular formula is C23H23ClN4O3. The highest BCUT2D eigenvalue weighted by atomic mass is 35.5. The predicted octanol–water partition coefficient (Wildman–Crippen LogP) is 2.22. The van der Waals surface area contributed by atoms with Crippen molar-refractivity contribution in [2.45, 2.75) is 12.5 Å². The number of aliphatic hydroxyl groups excluding tert-OH is 1. The van der Waals surface area contributed by atoms with Gasteiger partial charge in [-0.2, -0.15) is 0 Å². The zero-order valence-electron chi connectivity index (χ0n) is 16.8. The van der Waals surface area contributed by atoms with Crippen molar-refractivity contribution in [3.05, 3.63) is 70.6 Å². The number of carbonyl (C=O) groups is 1. The van der Waals surface area contributed by atoms with E-state index in [4.69, 9.17) is 0 Å². The fourth-order valence-corrected chi connectivity index (χ4v) is 4.13. The molecule has 1 fully saturated rings. The van der Waals surface area contributed by atoms with Crippen LogP contribution in [0.5, 0.6) is 0 Å². The summed E-state index contributed by atoms with van der Waals surface area (Å²) in [6, 6.07) is 14.9. The number of β-amino-alcohol motifs (C(OH)–C–C–N with tert-alkyl or cyclic N) is 1. The molecule has 1 saturated heterocycles. The van der Waals surface area contributed by atoms with Crippen LogP contribution in [-0.4, -0.2) is 57.6 Å². The zero-order valence-corrected chi connectivity index (χ0v) is 17.6. The van der Waals surface area contributed by atoms with Crippen LogP contribution in [0.4, 0.5) is 0 Å². The van der Waals surface area contributed by atoms with Gasteiger partial charge in [-0.1, -0.05) is 24.3 Å². The predicted molar refractivity (Wildman–Crippen MR) is 123 cm³/mol. The summed E-state index contributed by atoms with van der Waals surface area (Å²) in [7, 11) is 0. The molecule has 0 spiro atoms. The first kappa shape index (κ1) is 21.2. The molecule has 7 nitrogen and oxygen atoms in total. The van der Waals surface area contributed by atoms with E-state index in [2.05, 4.69) is 15.2 Å². The van der Waals surface area contributed by atoms with E-state index in [1.54, 1.807) is 18.3 Å². The van der Waals surface area contributed by atoms with Gasteiger partial charge in [0.15, 0.2) is 5.65 Å². The van der Waals surface area contributed by atoms with Gasteiger partial charge >= 0.3 is 0 Å². The van der Waals surface area contributed by atoms with Crippen molar-refractivity contribution in [2.24, 2.45) is 0 Å². The van der Waals surface area contributed by atoms with Crippen LogP contribution in [0, 0.1) is 0 Å². The molecule has 2 aromatic heterocycles. The molecule has 0 radical (unpaired) electrons. The van der Waals surface area contributed by atoms with Crippen LogP contribution in [0.3, 0.4) is 0 Å². The number of benzene rings is 2. The molecule has 3 heterocycles. The minimum absolute atomic E-state index is 0. The van der Waals surface area contributed by atoms with Gasteiger partial charge in [0, 0.05) is 32.4 Å². The highest BCUT2D eigenvalue weighted by Gasteiger charge is 2.20. The van der Waals surface area contributed by atoms with Gasteiger partial charge in [-0.3, -0.25) is 18.9 Å². The third-order valence-electron chi connectivity index (χ3n) is 5.71. The number of halogens is 1. The smallest absolute Gasteiger partial charge is 0.265 e. The van der Waals surface area contributed by atoms with Crippen LogP contribution in [0.2, 0.25) is 0 Å². The molecule has 1 atom stereocenters. The van der Waals surface area contributed by atoms with Crippen LogP contribution in [0.1, 0.15) is 16.8 Å². The molecule has 1 aliphatic heterocycles. The maximum atomic E-state index is 13.1. The van der Waals surface area contributed by atoms with Crippen molar-refractivity contribution in [3.8, 4) is 0 Å². The Morgan fingerprint density at radius 2 is 1.94 bits per heavy atom. The fourth-order valence-electron chi connectivity index (χ4n) is 4.13. The molecule has 0 aliphatic carbocycles. The Bertz CT molecular complexity index is 1340. The normalized spacial score (nSPS) is 16.6. The van der Waals surface area contributed by atoms with Crippen LogP contribution in [0.25, 0.3) is 27.3 Å². The minimum atomic E-state index is -0.279. The summed E-state index contributed by atoms with van der Waals surface area (Å²) < 4.78 is 1.43. The summed E-state index contributed by atoms with van der Waals surface area (Å²) in [6.45, 7) is 2.62. The number of hydrogen-bond donors (Lipinski definition) is 2. The van der Waals surface area contributed by atoms with E-state index < -0.39 is 0 Å². The van der Waals surface area contributed by atoms with Gasteiger partial charge < -0.3 is 10.4 Å². The largest absolute Gasteiger partial charge is 0.392 e. The lowest BCUT2D eigenvalue weighted by molar-refractivity contribution is 0.0950. The highest BCUT2D eigenvalue weighted by Crippen LogP contribution is 2.20. The first-order chi connectivity index (χ1) is 14.6. The van der Waals surface area contributed by atoms with E-state index in [0.29, 0.717) is 41.7 Å². The number of aliphatic hydroxyl groups is 1. The Morgan fingerprint density at radius 1 is 1.16 bits per heavy atom. The van der Waals surface area contributed by atoms with Gasteiger partial charge in [0.1, 0.15) is 0 Å². The van der Waals surface area contributed by atoms with E-state index in [1.165, 1.54) is 4.40 Å². The van der Waals surface area contributed by atoms with Gasteiger partial charge in [0.25, 0.3) is 11.5 Å². The second-order valence-electron chi connectivity index (χ2n) is 7.75. The molecule has 1 amide bonds. The van der Waals surface area contributed by atoms with Gasteiger partial charge in [-0.25, -0.2) is 4.98 Å². The summed E-state index contributed by atoms with van der Waals surface area (Å²) in [5.74, 6) is -0.264. The van der Waals surface area contributed by atoms with Gasteiger partial charge in [-0.15, -0.1) is 12.4 Å². The number of nitrogens with one attached hydrogen (secondary N) is 1. The van der Waals surface area contributed by atoms with E-state index in [0.717, 1.165) is 23.7 Å². The lowest BCUT2D eigenvalue weighted by atomic mass is 10.1. The van der Waals surface area contributed by atoms with Crippen molar-refractivity contribution in [1.82, 2.24) is 19.6 Å². The summed E-state index contributed by atoms with van der Waals surface area (Å²) in [5, 5.41) is 15.0. The number of aromatic nitrogens is 2. The van der Waals surface area contributed by atoms with E-state index in [1.807, 2.05) is 36.4 Å². The molecule has 31 heavy (non-hydrogen) atoms. The van der Waals surface area contributed by atoms with Crippen molar-refractivity contribution >= 4 is 45.6 Å². The molecule has 0 bridgehead atoms. The number of fused-ring (bicyclic) bond motifs is 3. The van der Waals surface area contributed by atoms with Crippen molar-refractivity contribution < 1.29 is 9.90 Å². The highest BCUT2D eigenvalue weighted by molar-refractivity contribution is 6.02. The first-order valence-corrected chi connectivity index (χ1v) is 10.1. The third kappa shape index (κ3) is 3.99. The van der Waals surface area contributed by atoms with E-state index in [9.17, 15) is 14.7 Å². The maximum absolute atomic E-state index is 13.1. The molecule has 0 saturated carbocycles. The van der Waals surface area contributed by atoms with Crippen LogP contribution < -0.4 is 10.9 Å². The van der Waals surface area contributed by atoms with Crippen molar-refractivity contribution in [2.75, 3.05) is 26.2 Å². The van der Waals surface area contributed by atoms with Crippen molar-refractivity contribution in [1.29, 1.82) is 0 Å². The number of pyridine rings is 1. The Labute approximate surface area is 184 Å². The Balaban J connectivity index is 0.00000231. The Hall–Kier alpha value is -3.00. The topological polar surface area (TPSA) is 86.9 Å². The summed E-state index contributed by atoms with van der Waals surface area (Å²) >= 11 is 0. The quantitative estimate of drug-likeness (QED) is 0.477. The molecule has 1 aliphatic rings. The van der Waals surface area contributed by atoms with Crippen LogP contribution >= 0.6 is 12.4 Å². The third-order valence-corrected chi connectivity index (χ3v) is 5.71. The van der Waals surface area contributed by atoms with Crippen LogP contribution in [-0.2, 0) is 0 Å².